The van der Waals surface area contributed by atoms with E-state index in [0.717, 1.165) is 47.5 Å². The minimum Gasteiger partial charge on any atom is -0.378 e. The third-order valence-corrected chi connectivity index (χ3v) is 5.05. The molecule has 1 amide bonds. The molecule has 1 aliphatic heterocycles. The molecule has 0 aliphatic carbocycles. The maximum absolute atomic E-state index is 12.9. The fourth-order valence-electron chi connectivity index (χ4n) is 3.45. The van der Waals surface area contributed by atoms with E-state index in [1.54, 1.807) is 18.2 Å². The minimum absolute atomic E-state index is 0.0533. The summed E-state index contributed by atoms with van der Waals surface area (Å²) in [6, 6.07) is 11.6. The van der Waals surface area contributed by atoms with Crippen molar-refractivity contribution >= 4 is 28.3 Å². The number of nitrogens with zero attached hydrogens (tertiary/aromatic N) is 2. The van der Waals surface area contributed by atoms with E-state index in [9.17, 15) is 18.0 Å². The second-order valence-corrected chi connectivity index (χ2v) is 7.16. The molecule has 5 nitrogen and oxygen atoms in total. The normalized spacial score (nSPS) is 14.7. The van der Waals surface area contributed by atoms with Crippen LogP contribution in [0.25, 0.3) is 10.9 Å². The van der Waals surface area contributed by atoms with Gasteiger partial charge in [0.05, 0.1) is 24.3 Å². The van der Waals surface area contributed by atoms with Crippen LogP contribution in [0.2, 0.25) is 0 Å². The smallest absolute Gasteiger partial charge is 0.378 e. The van der Waals surface area contributed by atoms with Gasteiger partial charge in [0.25, 0.3) is 5.91 Å². The summed E-state index contributed by atoms with van der Waals surface area (Å²) in [6.45, 7) is 4.86. The fourth-order valence-corrected chi connectivity index (χ4v) is 3.45. The fraction of sp³-hybridized carbons (Fsp3) is 0.273. The summed E-state index contributed by atoms with van der Waals surface area (Å²) in [4.78, 5) is 19.3. The molecule has 0 bridgehead atoms. The lowest BCUT2D eigenvalue weighted by atomic mass is 10.1. The lowest BCUT2D eigenvalue weighted by Gasteiger charge is -2.28. The Morgan fingerprint density at radius 2 is 1.87 bits per heavy atom. The van der Waals surface area contributed by atoms with E-state index in [0.29, 0.717) is 18.9 Å². The number of alkyl halides is 3. The first-order valence-corrected chi connectivity index (χ1v) is 9.54. The summed E-state index contributed by atoms with van der Waals surface area (Å²) in [5.74, 6) is 0.278. The quantitative estimate of drug-likeness (QED) is 0.677. The predicted octanol–water partition coefficient (Wildman–Crippen LogP) is 4.65. The van der Waals surface area contributed by atoms with Gasteiger partial charge in [-0.15, -0.1) is 0 Å². The zero-order valence-corrected chi connectivity index (χ0v) is 16.3. The van der Waals surface area contributed by atoms with Crippen LogP contribution in [0, 0.1) is 6.92 Å². The second-order valence-electron chi connectivity index (χ2n) is 7.16. The van der Waals surface area contributed by atoms with Crippen molar-refractivity contribution in [2.75, 3.05) is 36.5 Å². The zero-order valence-electron chi connectivity index (χ0n) is 16.3. The Kier molecular flexibility index (Phi) is 5.34. The Bertz CT molecular complexity index is 1090. The number of carbonyl (C=O) groups excluding carboxylic acids is 1. The molecule has 0 spiro atoms. The van der Waals surface area contributed by atoms with Gasteiger partial charge in [-0.3, -0.25) is 4.79 Å². The number of aryl methyl sites for hydroxylation is 1. The number of anilines is 2. The van der Waals surface area contributed by atoms with Crippen molar-refractivity contribution in [3.63, 3.8) is 0 Å². The van der Waals surface area contributed by atoms with Crippen molar-refractivity contribution in [3.05, 3.63) is 65.2 Å². The summed E-state index contributed by atoms with van der Waals surface area (Å²) < 4.78 is 44.1. The first kappa shape index (κ1) is 20.2. The molecule has 0 unspecified atom stereocenters. The second kappa shape index (κ2) is 7.95. The Balaban J connectivity index is 1.58. The summed E-state index contributed by atoms with van der Waals surface area (Å²) >= 11 is 0. The van der Waals surface area contributed by atoms with Crippen molar-refractivity contribution in [2.24, 2.45) is 0 Å². The summed E-state index contributed by atoms with van der Waals surface area (Å²) in [7, 11) is 0. The van der Waals surface area contributed by atoms with E-state index in [-0.39, 0.29) is 5.56 Å². The van der Waals surface area contributed by atoms with Crippen LogP contribution < -0.4 is 10.2 Å². The number of rotatable bonds is 3. The van der Waals surface area contributed by atoms with Crippen LogP contribution in [-0.2, 0) is 10.9 Å². The monoisotopic (exact) mass is 415 g/mol. The number of hydrogen-bond acceptors (Lipinski definition) is 4. The molecule has 1 aliphatic rings. The van der Waals surface area contributed by atoms with Gasteiger partial charge in [0.2, 0.25) is 0 Å². The number of nitrogens with one attached hydrogen (secondary N) is 1. The molecular formula is C22H20F3N3O2. The molecule has 2 heterocycles. The lowest BCUT2D eigenvalue weighted by Crippen LogP contribution is -2.36. The lowest BCUT2D eigenvalue weighted by molar-refractivity contribution is -0.137. The van der Waals surface area contributed by atoms with Gasteiger partial charge in [0.1, 0.15) is 5.82 Å². The zero-order chi connectivity index (χ0) is 21.3. The molecule has 156 valence electrons. The number of amides is 1. The van der Waals surface area contributed by atoms with Crippen molar-refractivity contribution in [1.82, 2.24) is 4.98 Å². The van der Waals surface area contributed by atoms with Gasteiger partial charge in [-0.25, -0.2) is 4.98 Å². The van der Waals surface area contributed by atoms with E-state index >= 15 is 0 Å². The van der Waals surface area contributed by atoms with Crippen LogP contribution in [0.15, 0.2) is 48.5 Å². The van der Waals surface area contributed by atoms with Crippen LogP contribution in [0.5, 0.6) is 0 Å². The summed E-state index contributed by atoms with van der Waals surface area (Å²) in [6.07, 6.45) is -4.50. The number of morpholine rings is 1. The van der Waals surface area contributed by atoms with Gasteiger partial charge in [-0.2, -0.15) is 13.2 Å². The van der Waals surface area contributed by atoms with E-state index in [4.69, 9.17) is 9.72 Å². The number of fused-ring (bicyclic) bond motifs is 1. The average Bonchev–Trinajstić information content (AvgIpc) is 2.74. The van der Waals surface area contributed by atoms with Gasteiger partial charge in [-0.05, 0) is 55.0 Å². The first-order chi connectivity index (χ1) is 14.3. The van der Waals surface area contributed by atoms with E-state index < -0.39 is 17.6 Å². The average molecular weight is 415 g/mol. The first-order valence-electron chi connectivity index (χ1n) is 9.54. The maximum Gasteiger partial charge on any atom is 0.416 e. The van der Waals surface area contributed by atoms with Gasteiger partial charge in [-0.1, -0.05) is 6.07 Å². The van der Waals surface area contributed by atoms with Gasteiger partial charge in [0, 0.05) is 29.7 Å². The molecule has 0 saturated carbocycles. The molecule has 8 heteroatoms. The van der Waals surface area contributed by atoms with Crippen LogP contribution in [0.3, 0.4) is 0 Å². The molecule has 0 radical (unpaired) electrons. The third-order valence-electron chi connectivity index (χ3n) is 5.05. The highest BCUT2D eigenvalue weighted by molar-refractivity contribution is 6.05. The van der Waals surface area contributed by atoms with Crippen LogP contribution in [-0.4, -0.2) is 37.2 Å². The Morgan fingerprint density at radius 1 is 1.10 bits per heavy atom. The predicted molar refractivity (Wildman–Crippen MR) is 109 cm³/mol. The molecule has 1 N–H and O–H groups in total. The number of carbonyl (C=O) groups is 1. The summed E-state index contributed by atoms with van der Waals surface area (Å²) in [5, 5.41) is 3.54. The van der Waals surface area contributed by atoms with Gasteiger partial charge >= 0.3 is 6.18 Å². The third kappa shape index (κ3) is 4.23. The SMILES string of the molecule is Cc1cc(N2CCOCC2)nc2ccc(NC(=O)c3cccc(C(F)(F)F)c3)cc12. The van der Waals surface area contributed by atoms with Crippen molar-refractivity contribution < 1.29 is 22.7 Å². The number of halogens is 3. The van der Waals surface area contributed by atoms with Crippen molar-refractivity contribution in [2.45, 2.75) is 13.1 Å². The van der Waals surface area contributed by atoms with Crippen molar-refractivity contribution in [1.29, 1.82) is 0 Å². The Morgan fingerprint density at radius 3 is 2.60 bits per heavy atom. The van der Waals surface area contributed by atoms with Crippen LogP contribution >= 0.6 is 0 Å². The molecule has 0 atom stereocenters. The highest BCUT2D eigenvalue weighted by Gasteiger charge is 2.30. The highest BCUT2D eigenvalue weighted by atomic mass is 19.4. The number of benzene rings is 2. The highest BCUT2D eigenvalue weighted by Crippen LogP contribution is 2.30. The van der Waals surface area contributed by atoms with E-state index in [1.165, 1.54) is 12.1 Å². The van der Waals surface area contributed by atoms with Crippen LogP contribution in [0.1, 0.15) is 21.5 Å². The maximum atomic E-state index is 12.9. The number of aromatic nitrogens is 1. The Labute approximate surface area is 171 Å². The number of pyridine rings is 1. The standard InChI is InChI=1S/C22H20F3N3O2/c1-14-11-20(28-7-9-30-10-8-28)27-19-6-5-17(13-18(14)19)26-21(29)15-3-2-4-16(12-15)22(23,24)25/h2-6,11-13H,7-10H2,1H3,(H,26,29). The Hall–Kier alpha value is -3.13. The molecule has 1 aromatic heterocycles. The largest absolute Gasteiger partial charge is 0.416 e. The molecular weight excluding hydrogens is 395 g/mol. The van der Waals surface area contributed by atoms with Crippen LogP contribution in [0.4, 0.5) is 24.7 Å². The van der Waals surface area contributed by atoms with E-state index in [1.807, 2.05) is 13.0 Å². The molecule has 30 heavy (non-hydrogen) atoms. The van der Waals surface area contributed by atoms with Crippen molar-refractivity contribution in [3.8, 4) is 0 Å². The molecule has 1 fully saturated rings. The minimum atomic E-state index is -4.50. The van der Waals surface area contributed by atoms with E-state index in [2.05, 4.69) is 10.2 Å². The summed E-state index contributed by atoms with van der Waals surface area (Å²) in [5.41, 5.74) is 1.37. The topological polar surface area (TPSA) is 54.5 Å². The van der Waals surface area contributed by atoms with Gasteiger partial charge < -0.3 is 15.0 Å². The molecule has 3 aromatic rings. The number of ether oxygens (including phenoxy) is 1. The molecule has 4 rings (SSSR count). The van der Waals surface area contributed by atoms with Gasteiger partial charge in [0.15, 0.2) is 0 Å². The number of hydrogen-bond donors (Lipinski definition) is 1. The molecule has 1 saturated heterocycles. The molecule has 2 aromatic carbocycles.